The van der Waals surface area contributed by atoms with Gasteiger partial charge in [0.05, 0.1) is 0 Å². The summed E-state index contributed by atoms with van der Waals surface area (Å²) >= 11 is 1.88. The third kappa shape index (κ3) is 8.12. The summed E-state index contributed by atoms with van der Waals surface area (Å²) in [5, 5.41) is 12.9. The second-order valence-electron chi connectivity index (χ2n) is 8.92. The smallest absolute Gasteiger partial charge is 0.229 e. The number of benzene rings is 2. The first-order chi connectivity index (χ1) is 17.7. The van der Waals surface area contributed by atoms with Crippen molar-refractivity contribution in [3.8, 4) is 0 Å². The monoisotopic (exact) mass is 505 g/mol. The summed E-state index contributed by atoms with van der Waals surface area (Å²) in [7, 11) is 1.80. The first-order valence-electron chi connectivity index (χ1n) is 12.6. The summed E-state index contributed by atoms with van der Waals surface area (Å²) in [6.45, 7) is 1.35. The number of rotatable bonds is 12. The lowest BCUT2D eigenvalue weighted by atomic mass is 9.85. The number of hydrogen-bond donors (Lipinski definition) is 4. The Morgan fingerprint density at radius 2 is 1.50 bits per heavy atom. The van der Waals surface area contributed by atoms with Crippen molar-refractivity contribution < 1.29 is 4.79 Å². The Balaban J connectivity index is 1.20. The molecule has 1 aliphatic rings. The van der Waals surface area contributed by atoms with E-state index in [4.69, 9.17) is 0 Å². The molecule has 190 valence electrons. The van der Waals surface area contributed by atoms with Gasteiger partial charge in [-0.1, -0.05) is 60.7 Å². The van der Waals surface area contributed by atoms with Crippen LogP contribution >= 0.6 is 11.8 Å². The van der Waals surface area contributed by atoms with Crippen molar-refractivity contribution in [3.63, 3.8) is 0 Å². The van der Waals surface area contributed by atoms with Crippen molar-refractivity contribution in [1.29, 1.82) is 0 Å². The summed E-state index contributed by atoms with van der Waals surface area (Å²) in [5.74, 6) is 3.79. The molecule has 1 saturated carbocycles. The number of amides is 1. The number of anilines is 3. The van der Waals surface area contributed by atoms with E-state index in [0.29, 0.717) is 24.4 Å². The average Bonchev–Trinajstić information content (AvgIpc) is 2.93. The lowest BCUT2D eigenvalue weighted by Gasteiger charge is -2.28. The molecule has 1 heterocycles. The van der Waals surface area contributed by atoms with Crippen LogP contribution in [0.3, 0.4) is 0 Å². The highest BCUT2D eigenvalue weighted by Crippen LogP contribution is 2.26. The molecule has 3 aromatic rings. The van der Waals surface area contributed by atoms with Crippen LogP contribution in [0.15, 0.2) is 60.7 Å². The molecule has 0 saturated heterocycles. The quantitative estimate of drug-likeness (QED) is 0.266. The van der Waals surface area contributed by atoms with Gasteiger partial charge in [-0.25, -0.2) is 0 Å². The van der Waals surface area contributed by atoms with E-state index in [9.17, 15) is 4.79 Å². The summed E-state index contributed by atoms with van der Waals surface area (Å²) in [6, 6.07) is 20.7. The molecular formula is C27H35N7OS. The number of carbonyl (C=O) groups excluding carboxylic acids is 1. The van der Waals surface area contributed by atoms with E-state index >= 15 is 0 Å². The molecule has 1 aliphatic carbocycles. The molecule has 1 fully saturated rings. The topological polar surface area (TPSA) is 104 Å². The van der Waals surface area contributed by atoms with Crippen LogP contribution in [0.25, 0.3) is 0 Å². The zero-order valence-corrected chi connectivity index (χ0v) is 21.6. The third-order valence-corrected chi connectivity index (χ3v) is 7.27. The van der Waals surface area contributed by atoms with E-state index in [1.165, 1.54) is 5.56 Å². The Bertz CT molecular complexity index is 1080. The van der Waals surface area contributed by atoms with Gasteiger partial charge in [0.2, 0.25) is 23.8 Å². The highest BCUT2D eigenvalue weighted by molar-refractivity contribution is 7.98. The first-order valence-corrected chi connectivity index (χ1v) is 13.7. The molecule has 4 N–H and O–H groups in total. The normalized spacial score (nSPS) is 17.2. The van der Waals surface area contributed by atoms with Gasteiger partial charge in [-0.3, -0.25) is 4.79 Å². The molecule has 0 radical (unpaired) electrons. The molecule has 0 bridgehead atoms. The van der Waals surface area contributed by atoms with Crippen molar-refractivity contribution >= 4 is 35.5 Å². The van der Waals surface area contributed by atoms with Gasteiger partial charge in [0, 0.05) is 43.6 Å². The maximum atomic E-state index is 12.6. The lowest BCUT2D eigenvalue weighted by Crippen LogP contribution is -2.35. The summed E-state index contributed by atoms with van der Waals surface area (Å²) < 4.78 is 0. The number of nitrogens with zero attached hydrogens (tertiary/aromatic N) is 3. The SMILES string of the molecule is CNc1nc(NCCSCc2ccccc2)nc(NC2CCC(C(=O)NCc3ccccc3)CC2)n1. The van der Waals surface area contributed by atoms with Gasteiger partial charge in [-0.15, -0.1) is 0 Å². The second kappa shape index (κ2) is 13.7. The maximum absolute atomic E-state index is 12.6. The van der Waals surface area contributed by atoms with E-state index in [-0.39, 0.29) is 17.9 Å². The maximum Gasteiger partial charge on any atom is 0.229 e. The molecule has 9 heteroatoms. The minimum Gasteiger partial charge on any atom is -0.357 e. The van der Waals surface area contributed by atoms with Crippen LogP contribution in [0, 0.1) is 5.92 Å². The van der Waals surface area contributed by atoms with Gasteiger partial charge < -0.3 is 21.3 Å². The number of hydrogen-bond acceptors (Lipinski definition) is 8. The van der Waals surface area contributed by atoms with Gasteiger partial charge in [-0.05, 0) is 36.8 Å². The fourth-order valence-corrected chi connectivity index (χ4v) is 5.06. The predicted octanol–water partition coefficient (Wildman–Crippen LogP) is 4.55. The van der Waals surface area contributed by atoms with Crippen LogP contribution < -0.4 is 21.3 Å². The molecular weight excluding hydrogens is 470 g/mol. The highest BCUT2D eigenvalue weighted by Gasteiger charge is 2.26. The molecule has 1 amide bonds. The largest absolute Gasteiger partial charge is 0.357 e. The average molecular weight is 506 g/mol. The van der Waals surface area contributed by atoms with Gasteiger partial charge in [0.1, 0.15) is 0 Å². The van der Waals surface area contributed by atoms with Gasteiger partial charge in [0.15, 0.2) is 0 Å². The molecule has 0 aliphatic heterocycles. The van der Waals surface area contributed by atoms with E-state index in [0.717, 1.165) is 49.3 Å². The molecule has 1 aromatic heterocycles. The highest BCUT2D eigenvalue weighted by atomic mass is 32.2. The standard InChI is InChI=1S/C27H35N7OS/c1-28-25-32-26(29-16-17-36-19-21-10-6-3-7-11-21)34-27(33-25)31-23-14-12-22(13-15-23)24(35)30-18-20-8-4-2-5-9-20/h2-11,22-23H,12-19H2,1H3,(H,30,35)(H3,28,29,31,32,33,34). The van der Waals surface area contributed by atoms with E-state index < -0.39 is 0 Å². The Kier molecular flexibility index (Phi) is 9.78. The van der Waals surface area contributed by atoms with Crippen molar-refractivity contribution in [2.24, 2.45) is 5.92 Å². The zero-order chi connectivity index (χ0) is 25.0. The fraction of sp³-hybridized carbons (Fsp3) is 0.407. The molecule has 8 nitrogen and oxygen atoms in total. The third-order valence-electron chi connectivity index (χ3n) is 6.24. The molecule has 0 unspecified atom stereocenters. The van der Waals surface area contributed by atoms with Crippen LogP contribution in [-0.2, 0) is 17.1 Å². The number of thioether (sulfide) groups is 1. The summed E-state index contributed by atoms with van der Waals surface area (Å²) in [5.41, 5.74) is 2.45. The Hall–Kier alpha value is -3.33. The lowest BCUT2D eigenvalue weighted by molar-refractivity contribution is -0.126. The Morgan fingerprint density at radius 1 is 0.861 bits per heavy atom. The van der Waals surface area contributed by atoms with Gasteiger partial charge in [0.25, 0.3) is 0 Å². The van der Waals surface area contributed by atoms with Crippen molar-refractivity contribution in [1.82, 2.24) is 20.3 Å². The van der Waals surface area contributed by atoms with Crippen LogP contribution in [-0.4, -0.2) is 46.2 Å². The Labute approximate surface area is 217 Å². The van der Waals surface area contributed by atoms with Crippen molar-refractivity contribution in [2.75, 3.05) is 35.3 Å². The first kappa shape index (κ1) is 25.8. The zero-order valence-electron chi connectivity index (χ0n) is 20.7. The van der Waals surface area contributed by atoms with Crippen molar-refractivity contribution in [3.05, 3.63) is 71.8 Å². The van der Waals surface area contributed by atoms with Crippen molar-refractivity contribution in [2.45, 2.75) is 44.0 Å². The van der Waals surface area contributed by atoms with Gasteiger partial charge >= 0.3 is 0 Å². The molecule has 2 aromatic carbocycles. The summed E-state index contributed by atoms with van der Waals surface area (Å²) in [6.07, 6.45) is 3.52. The van der Waals surface area contributed by atoms with E-state index in [1.54, 1.807) is 7.05 Å². The molecule has 36 heavy (non-hydrogen) atoms. The summed E-state index contributed by atoms with van der Waals surface area (Å²) in [4.78, 5) is 26.1. The van der Waals surface area contributed by atoms with E-state index in [2.05, 4.69) is 60.5 Å². The second-order valence-corrected chi connectivity index (χ2v) is 10.0. The van der Waals surface area contributed by atoms with E-state index in [1.807, 2.05) is 48.2 Å². The van der Waals surface area contributed by atoms with Crippen LogP contribution in [0.4, 0.5) is 17.8 Å². The number of aromatic nitrogens is 3. The van der Waals surface area contributed by atoms with Crippen LogP contribution in [0.5, 0.6) is 0 Å². The molecule has 0 atom stereocenters. The minimum absolute atomic E-state index is 0.0589. The minimum atomic E-state index is 0.0589. The Morgan fingerprint density at radius 3 is 2.19 bits per heavy atom. The number of nitrogens with one attached hydrogen (secondary N) is 4. The predicted molar refractivity (Wildman–Crippen MR) is 148 cm³/mol. The molecule has 4 rings (SSSR count). The fourth-order valence-electron chi connectivity index (χ4n) is 4.24. The number of carbonyl (C=O) groups is 1. The van der Waals surface area contributed by atoms with Crippen LogP contribution in [0.2, 0.25) is 0 Å². The molecule has 0 spiro atoms. The van der Waals surface area contributed by atoms with Gasteiger partial charge in [-0.2, -0.15) is 26.7 Å². The van der Waals surface area contributed by atoms with Crippen LogP contribution in [0.1, 0.15) is 36.8 Å².